The minimum absolute atomic E-state index is 0.215. The number of benzene rings is 2. The highest BCUT2D eigenvalue weighted by atomic mass is 35.5. The number of aliphatic hydroxyl groups is 1. The summed E-state index contributed by atoms with van der Waals surface area (Å²) in [4.78, 5) is 7.15. The van der Waals surface area contributed by atoms with E-state index in [1.165, 1.54) is 0 Å². The standard InChI is InChI=1S/C20H21Cl2N3O/c21-16-6-3-7-17(22)15(16)12-25-19-9-2-1-8-18(19)23-20(25)24-10-4-5-14(11-24)13-26/h1-3,6-9,14,26H,4-5,10-13H2/t14-/m0/s1. The molecule has 26 heavy (non-hydrogen) atoms. The average Bonchev–Trinajstić information content (AvgIpc) is 3.03. The zero-order valence-corrected chi connectivity index (χ0v) is 15.9. The van der Waals surface area contributed by atoms with Gasteiger partial charge in [-0.3, -0.25) is 0 Å². The third-order valence-corrected chi connectivity index (χ3v) is 5.78. The lowest BCUT2D eigenvalue weighted by molar-refractivity contribution is 0.208. The van der Waals surface area contributed by atoms with Gasteiger partial charge in [0, 0.05) is 35.3 Å². The lowest BCUT2D eigenvalue weighted by Gasteiger charge is -2.33. The number of nitrogens with zero attached hydrogens (tertiary/aromatic N) is 3. The Morgan fingerprint density at radius 3 is 2.62 bits per heavy atom. The molecule has 1 aliphatic rings. The van der Waals surface area contributed by atoms with E-state index in [9.17, 15) is 5.11 Å². The van der Waals surface area contributed by atoms with Crippen LogP contribution >= 0.6 is 23.2 Å². The summed E-state index contributed by atoms with van der Waals surface area (Å²) in [5, 5.41) is 10.9. The fraction of sp³-hybridized carbons (Fsp3) is 0.350. The molecule has 0 spiro atoms. The van der Waals surface area contributed by atoms with Gasteiger partial charge in [-0.15, -0.1) is 0 Å². The summed E-state index contributed by atoms with van der Waals surface area (Å²) in [6.45, 7) is 2.54. The third-order valence-electron chi connectivity index (χ3n) is 5.07. The van der Waals surface area contributed by atoms with Gasteiger partial charge in [-0.2, -0.15) is 0 Å². The second-order valence-electron chi connectivity index (χ2n) is 6.82. The van der Waals surface area contributed by atoms with Gasteiger partial charge in [-0.1, -0.05) is 41.4 Å². The molecule has 0 bridgehead atoms. The number of piperidine rings is 1. The zero-order valence-electron chi connectivity index (χ0n) is 14.4. The molecule has 1 aromatic heterocycles. The van der Waals surface area contributed by atoms with E-state index < -0.39 is 0 Å². The Morgan fingerprint density at radius 1 is 1.08 bits per heavy atom. The number of fused-ring (bicyclic) bond motifs is 1. The molecule has 0 unspecified atom stereocenters. The summed E-state index contributed by atoms with van der Waals surface area (Å²) >= 11 is 12.8. The first-order valence-electron chi connectivity index (χ1n) is 8.91. The third kappa shape index (κ3) is 3.29. The van der Waals surface area contributed by atoms with E-state index in [2.05, 4.69) is 15.5 Å². The zero-order chi connectivity index (χ0) is 18.1. The van der Waals surface area contributed by atoms with Crippen molar-refractivity contribution in [2.24, 2.45) is 5.92 Å². The number of anilines is 1. The smallest absolute Gasteiger partial charge is 0.206 e. The number of aromatic nitrogens is 2. The molecular formula is C20H21Cl2N3O. The van der Waals surface area contributed by atoms with E-state index >= 15 is 0 Å². The van der Waals surface area contributed by atoms with Crippen LogP contribution in [0.3, 0.4) is 0 Å². The number of imidazole rings is 1. The molecule has 6 heteroatoms. The minimum Gasteiger partial charge on any atom is -0.396 e. The SMILES string of the molecule is OC[C@H]1CCCN(c2nc3ccccc3n2Cc2c(Cl)cccc2Cl)C1. The van der Waals surface area contributed by atoms with Crippen LogP contribution in [0, 0.1) is 5.92 Å². The number of para-hydroxylation sites is 2. The van der Waals surface area contributed by atoms with Crippen LogP contribution in [0.5, 0.6) is 0 Å². The van der Waals surface area contributed by atoms with Crippen molar-refractivity contribution in [2.75, 3.05) is 24.6 Å². The fourth-order valence-electron chi connectivity index (χ4n) is 3.70. The molecule has 0 aliphatic carbocycles. The quantitative estimate of drug-likeness (QED) is 0.708. The van der Waals surface area contributed by atoms with Crippen molar-refractivity contribution in [1.82, 2.24) is 9.55 Å². The summed E-state index contributed by atoms with van der Waals surface area (Å²) in [5.41, 5.74) is 2.91. The van der Waals surface area contributed by atoms with Crippen molar-refractivity contribution >= 4 is 40.2 Å². The molecule has 136 valence electrons. The maximum absolute atomic E-state index is 9.58. The molecule has 1 fully saturated rings. The lowest BCUT2D eigenvalue weighted by Crippen LogP contribution is -2.38. The van der Waals surface area contributed by atoms with E-state index in [4.69, 9.17) is 28.2 Å². The van der Waals surface area contributed by atoms with E-state index in [0.29, 0.717) is 22.5 Å². The predicted molar refractivity (Wildman–Crippen MR) is 107 cm³/mol. The highest BCUT2D eigenvalue weighted by Gasteiger charge is 2.24. The van der Waals surface area contributed by atoms with Crippen molar-refractivity contribution in [3.8, 4) is 0 Å². The van der Waals surface area contributed by atoms with Crippen molar-refractivity contribution in [3.05, 3.63) is 58.1 Å². The van der Waals surface area contributed by atoms with Crippen molar-refractivity contribution in [3.63, 3.8) is 0 Å². The van der Waals surface area contributed by atoms with Crippen molar-refractivity contribution in [1.29, 1.82) is 0 Å². The van der Waals surface area contributed by atoms with Gasteiger partial charge in [-0.05, 0) is 43.0 Å². The van der Waals surface area contributed by atoms with E-state index in [-0.39, 0.29) is 6.61 Å². The number of rotatable bonds is 4. The van der Waals surface area contributed by atoms with Crippen molar-refractivity contribution in [2.45, 2.75) is 19.4 Å². The fourth-order valence-corrected chi connectivity index (χ4v) is 4.21. The molecule has 4 rings (SSSR count). The van der Waals surface area contributed by atoms with Crippen molar-refractivity contribution < 1.29 is 5.11 Å². The minimum atomic E-state index is 0.215. The van der Waals surface area contributed by atoms with Crippen LogP contribution in [-0.2, 0) is 6.54 Å². The maximum Gasteiger partial charge on any atom is 0.206 e. The van der Waals surface area contributed by atoms with Gasteiger partial charge in [0.2, 0.25) is 5.95 Å². The van der Waals surface area contributed by atoms with Gasteiger partial charge in [-0.25, -0.2) is 4.98 Å². The molecule has 4 nitrogen and oxygen atoms in total. The normalized spacial score (nSPS) is 17.8. The average molecular weight is 390 g/mol. The highest BCUT2D eigenvalue weighted by molar-refractivity contribution is 6.36. The van der Waals surface area contributed by atoms with Crippen LogP contribution in [0.4, 0.5) is 5.95 Å². The number of hydrogen-bond acceptors (Lipinski definition) is 3. The molecule has 1 saturated heterocycles. The largest absolute Gasteiger partial charge is 0.396 e. The first kappa shape index (κ1) is 17.7. The molecule has 0 radical (unpaired) electrons. The summed E-state index contributed by atoms with van der Waals surface area (Å²) < 4.78 is 2.18. The highest BCUT2D eigenvalue weighted by Crippen LogP contribution is 2.31. The Balaban J connectivity index is 1.79. The molecule has 1 atom stereocenters. The van der Waals surface area contributed by atoms with Crippen LogP contribution < -0.4 is 4.90 Å². The second-order valence-corrected chi connectivity index (χ2v) is 7.64. The number of aliphatic hydroxyl groups excluding tert-OH is 1. The monoisotopic (exact) mass is 389 g/mol. The van der Waals surface area contributed by atoms with Crippen LogP contribution in [-0.4, -0.2) is 34.4 Å². The summed E-state index contributed by atoms with van der Waals surface area (Å²) in [5.74, 6) is 1.21. The predicted octanol–water partition coefficient (Wildman–Crippen LogP) is 4.60. The lowest BCUT2D eigenvalue weighted by atomic mass is 9.99. The van der Waals surface area contributed by atoms with Gasteiger partial charge in [0.1, 0.15) is 0 Å². The molecule has 1 aliphatic heterocycles. The Kier molecular flexibility index (Phi) is 5.07. The summed E-state index contributed by atoms with van der Waals surface area (Å²) in [6, 6.07) is 13.7. The van der Waals surface area contributed by atoms with Gasteiger partial charge >= 0.3 is 0 Å². The Labute approximate surface area is 163 Å². The van der Waals surface area contributed by atoms with Crippen LogP contribution in [0.25, 0.3) is 11.0 Å². The van der Waals surface area contributed by atoms with Crippen LogP contribution in [0.15, 0.2) is 42.5 Å². The van der Waals surface area contributed by atoms with Gasteiger partial charge in [0.25, 0.3) is 0 Å². The van der Waals surface area contributed by atoms with Gasteiger partial charge < -0.3 is 14.6 Å². The van der Waals surface area contributed by atoms with Crippen LogP contribution in [0.1, 0.15) is 18.4 Å². The summed E-state index contributed by atoms with van der Waals surface area (Å²) in [7, 11) is 0. The number of halogens is 2. The molecule has 0 amide bonds. The molecule has 0 saturated carbocycles. The van der Waals surface area contributed by atoms with Gasteiger partial charge in [0.15, 0.2) is 0 Å². The summed E-state index contributed by atoms with van der Waals surface area (Å²) in [6.07, 6.45) is 2.12. The Hall–Kier alpha value is -1.75. The van der Waals surface area contributed by atoms with Gasteiger partial charge in [0.05, 0.1) is 17.6 Å². The Morgan fingerprint density at radius 2 is 1.85 bits per heavy atom. The van der Waals surface area contributed by atoms with E-state index in [1.807, 2.05) is 36.4 Å². The molecule has 2 heterocycles. The second kappa shape index (κ2) is 7.47. The van der Waals surface area contributed by atoms with E-state index in [1.54, 1.807) is 0 Å². The molecule has 3 aromatic rings. The molecular weight excluding hydrogens is 369 g/mol. The van der Waals surface area contributed by atoms with E-state index in [0.717, 1.165) is 48.5 Å². The maximum atomic E-state index is 9.58. The number of hydrogen-bond donors (Lipinski definition) is 1. The first-order valence-corrected chi connectivity index (χ1v) is 9.67. The first-order chi connectivity index (χ1) is 12.7. The van der Waals surface area contributed by atoms with Crippen LogP contribution in [0.2, 0.25) is 10.0 Å². The topological polar surface area (TPSA) is 41.3 Å². The molecule has 2 aromatic carbocycles. The Bertz CT molecular complexity index is 904. The molecule has 1 N–H and O–H groups in total.